The summed E-state index contributed by atoms with van der Waals surface area (Å²) in [5.41, 5.74) is 7.90. The van der Waals surface area contributed by atoms with Gasteiger partial charge in [0, 0.05) is 28.3 Å². The standard InChI is InChI=1S/C16H22BrN3O/c1-4-11(2)20-8-7-14(19-20)10-21-16-9-13(17)5-6-15(16)12(3)18/h5-9,11-12H,4,10,18H2,1-3H3/t11?,12-/m1/s1. The van der Waals surface area contributed by atoms with Gasteiger partial charge in [-0.25, -0.2) is 0 Å². The van der Waals surface area contributed by atoms with Crippen molar-refractivity contribution in [2.45, 2.75) is 45.9 Å². The number of nitrogens with zero attached hydrogens (tertiary/aromatic N) is 2. The van der Waals surface area contributed by atoms with Crippen molar-refractivity contribution in [3.8, 4) is 5.75 Å². The fourth-order valence-corrected chi connectivity index (χ4v) is 2.39. The SMILES string of the molecule is CCC(C)n1ccc(COc2cc(Br)ccc2[C@@H](C)N)n1. The maximum Gasteiger partial charge on any atom is 0.132 e. The van der Waals surface area contributed by atoms with Gasteiger partial charge in [0.2, 0.25) is 0 Å². The van der Waals surface area contributed by atoms with Crippen LogP contribution in [-0.2, 0) is 6.61 Å². The highest BCUT2D eigenvalue weighted by atomic mass is 79.9. The lowest BCUT2D eigenvalue weighted by Gasteiger charge is -2.14. The average Bonchev–Trinajstić information content (AvgIpc) is 2.93. The van der Waals surface area contributed by atoms with Crippen molar-refractivity contribution >= 4 is 15.9 Å². The van der Waals surface area contributed by atoms with E-state index in [0.29, 0.717) is 12.6 Å². The number of halogens is 1. The third kappa shape index (κ3) is 4.08. The van der Waals surface area contributed by atoms with Crippen molar-refractivity contribution in [1.29, 1.82) is 0 Å². The second-order valence-corrected chi connectivity index (χ2v) is 6.22. The lowest BCUT2D eigenvalue weighted by atomic mass is 10.1. The maximum absolute atomic E-state index is 5.98. The molecule has 1 unspecified atom stereocenters. The molecule has 1 aromatic heterocycles. The lowest BCUT2D eigenvalue weighted by molar-refractivity contribution is 0.293. The summed E-state index contributed by atoms with van der Waals surface area (Å²) in [6, 6.07) is 8.25. The molecule has 1 heterocycles. The molecule has 0 saturated carbocycles. The Morgan fingerprint density at radius 3 is 2.76 bits per heavy atom. The van der Waals surface area contributed by atoms with Gasteiger partial charge < -0.3 is 10.5 Å². The highest BCUT2D eigenvalue weighted by molar-refractivity contribution is 9.10. The van der Waals surface area contributed by atoms with Gasteiger partial charge in [-0.2, -0.15) is 5.10 Å². The average molecular weight is 352 g/mol. The first kappa shape index (κ1) is 16.0. The highest BCUT2D eigenvalue weighted by Gasteiger charge is 2.10. The zero-order valence-electron chi connectivity index (χ0n) is 12.7. The summed E-state index contributed by atoms with van der Waals surface area (Å²) >= 11 is 3.46. The largest absolute Gasteiger partial charge is 0.487 e. The first-order valence-electron chi connectivity index (χ1n) is 7.23. The van der Waals surface area contributed by atoms with Crippen molar-refractivity contribution in [3.05, 3.63) is 46.2 Å². The van der Waals surface area contributed by atoms with Crippen LogP contribution >= 0.6 is 15.9 Å². The van der Waals surface area contributed by atoms with E-state index in [-0.39, 0.29) is 6.04 Å². The molecule has 0 saturated heterocycles. The molecule has 4 nitrogen and oxygen atoms in total. The van der Waals surface area contributed by atoms with Gasteiger partial charge in [-0.05, 0) is 38.5 Å². The Morgan fingerprint density at radius 2 is 2.10 bits per heavy atom. The Morgan fingerprint density at radius 1 is 1.33 bits per heavy atom. The number of benzene rings is 1. The van der Waals surface area contributed by atoms with Crippen molar-refractivity contribution in [2.24, 2.45) is 5.73 Å². The molecule has 2 rings (SSSR count). The normalized spacial score (nSPS) is 14.0. The van der Waals surface area contributed by atoms with Crippen LogP contribution in [0.3, 0.4) is 0 Å². The monoisotopic (exact) mass is 351 g/mol. The minimum atomic E-state index is -0.0641. The zero-order chi connectivity index (χ0) is 15.4. The summed E-state index contributed by atoms with van der Waals surface area (Å²) in [4.78, 5) is 0. The second-order valence-electron chi connectivity index (χ2n) is 5.30. The van der Waals surface area contributed by atoms with E-state index >= 15 is 0 Å². The van der Waals surface area contributed by atoms with Gasteiger partial charge in [-0.15, -0.1) is 0 Å². The highest BCUT2D eigenvalue weighted by Crippen LogP contribution is 2.28. The molecule has 2 aromatic rings. The maximum atomic E-state index is 5.98. The third-order valence-electron chi connectivity index (χ3n) is 3.55. The van der Waals surface area contributed by atoms with Crippen LogP contribution in [0.1, 0.15) is 50.5 Å². The summed E-state index contributed by atoms with van der Waals surface area (Å²) in [7, 11) is 0. The van der Waals surface area contributed by atoms with E-state index in [0.717, 1.165) is 27.9 Å². The van der Waals surface area contributed by atoms with Crippen LogP contribution in [0.25, 0.3) is 0 Å². The summed E-state index contributed by atoms with van der Waals surface area (Å²) in [6.07, 6.45) is 3.06. The third-order valence-corrected chi connectivity index (χ3v) is 4.04. The van der Waals surface area contributed by atoms with Crippen molar-refractivity contribution in [1.82, 2.24) is 9.78 Å². The van der Waals surface area contributed by atoms with Gasteiger partial charge in [0.15, 0.2) is 0 Å². The lowest BCUT2D eigenvalue weighted by Crippen LogP contribution is -2.09. The molecule has 5 heteroatoms. The van der Waals surface area contributed by atoms with Crippen LogP contribution in [0.4, 0.5) is 0 Å². The Labute approximate surface area is 134 Å². The molecule has 0 radical (unpaired) electrons. The van der Waals surface area contributed by atoms with E-state index in [1.54, 1.807) is 0 Å². The van der Waals surface area contributed by atoms with E-state index in [4.69, 9.17) is 10.5 Å². The molecule has 0 bridgehead atoms. The van der Waals surface area contributed by atoms with Gasteiger partial charge in [0.1, 0.15) is 12.4 Å². The number of hydrogen-bond donors (Lipinski definition) is 1. The molecule has 0 aliphatic carbocycles. The van der Waals surface area contributed by atoms with Crippen LogP contribution < -0.4 is 10.5 Å². The molecule has 0 aliphatic rings. The molecular weight excluding hydrogens is 330 g/mol. The minimum absolute atomic E-state index is 0.0641. The Balaban J connectivity index is 2.09. The minimum Gasteiger partial charge on any atom is -0.487 e. The van der Waals surface area contributed by atoms with Gasteiger partial charge >= 0.3 is 0 Å². The van der Waals surface area contributed by atoms with Crippen LogP contribution in [0.2, 0.25) is 0 Å². The number of aromatic nitrogens is 2. The molecule has 0 aliphatic heterocycles. The first-order chi connectivity index (χ1) is 10.0. The molecule has 0 spiro atoms. The molecule has 0 fully saturated rings. The molecule has 2 atom stereocenters. The summed E-state index contributed by atoms with van der Waals surface area (Å²) in [5.74, 6) is 0.803. The van der Waals surface area contributed by atoms with E-state index < -0.39 is 0 Å². The van der Waals surface area contributed by atoms with Crippen molar-refractivity contribution in [3.63, 3.8) is 0 Å². The number of hydrogen-bond acceptors (Lipinski definition) is 3. The smallest absolute Gasteiger partial charge is 0.132 e. The van der Waals surface area contributed by atoms with Crippen LogP contribution in [0, 0.1) is 0 Å². The Bertz CT molecular complexity index is 595. The van der Waals surface area contributed by atoms with Crippen molar-refractivity contribution < 1.29 is 4.74 Å². The zero-order valence-corrected chi connectivity index (χ0v) is 14.3. The van der Waals surface area contributed by atoms with Crippen LogP contribution in [0.15, 0.2) is 34.9 Å². The van der Waals surface area contributed by atoms with E-state index in [2.05, 4.69) is 34.9 Å². The number of ether oxygens (including phenoxy) is 1. The van der Waals surface area contributed by atoms with Crippen molar-refractivity contribution in [2.75, 3.05) is 0 Å². The summed E-state index contributed by atoms with van der Waals surface area (Å²) in [6.45, 7) is 6.70. The fourth-order valence-electron chi connectivity index (χ4n) is 2.05. The quantitative estimate of drug-likeness (QED) is 0.847. The second kappa shape index (κ2) is 7.09. The Kier molecular flexibility index (Phi) is 5.42. The predicted octanol–water partition coefficient (Wildman–Crippen LogP) is 4.22. The molecule has 0 amide bonds. The molecular formula is C16H22BrN3O. The van der Waals surface area contributed by atoms with E-state index in [1.807, 2.05) is 42.1 Å². The van der Waals surface area contributed by atoms with Gasteiger partial charge in [0.05, 0.1) is 5.69 Å². The van der Waals surface area contributed by atoms with Crippen LogP contribution in [-0.4, -0.2) is 9.78 Å². The number of nitrogens with two attached hydrogens (primary N) is 1. The molecule has 2 N–H and O–H groups in total. The topological polar surface area (TPSA) is 53.1 Å². The molecule has 1 aromatic carbocycles. The van der Waals surface area contributed by atoms with E-state index in [1.165, 1.54) is 0 Å². The van der Waals surface area contributed by atoms with Gasteiger partial charge in [0.25, 0.3) is 0 Å². The summed E-state index contributed by atoms with van der Waals surface area (Å²) < 4.78 is 8.86. The predicted molar refractivity (Wildman–Crippen MR) is 88.3 cm³/mol. The molecule has 21 heavy (non-hydrogen) atoms. The molecule has 114 valence electrons. The van der Waals surface area contributed by atoms with Crippen LogP contribution in [0.5, 0.6) is 5.75 Å². The van der Waals surface area contributed by atoms with Gasteiger partial charge in [-0.3, -0.25) is 4.68 Å². The first-order valence-corrected chi connectivity index (χ1v) is 8.02. The van der Waals surface area contributed by atoms with Gasteiger partial charge in [-0.1, -0.05) is 28.9 Å². The number of rotatable bonds is 6. The fraction of sp³-hybridized carbons (Fsp3) is 0.438. The summed E-state index contributed by atoms with van der Waals surface area (Å²) in [5, 5.41) is 4.54. The Hall–Kier alpha value is -1.33. The van der Waals surface area contributed by atoms with E-state index in [9.17, 15) is 0 Å².